The van der Waals surface area contributed by atoms with Crippen molar-refractivity contribution >= 4 is 82.2 Å². The molecule has 0 bridgehead atoms. The predicted molar refractivity (Wildman–Crippen MR) is 108 cm³/mol. The zero-order chi connectivity index (χ0) is 16.4. The van der Waals surface area contributed by atoms with E-state index in [1.54, 1.807) is 32.4 Å². The van der Waals surface area contributed by atoms with E-state index in [4.69, 9.17) is 29.5 Å². The molecule has 0 aromatic carbocycles. The minimum absolute atomic E-state index is 0.177. The molecule has 1 N–H and O–H groups in total. The molecule has 4 nitrogen and oxygen atoms in total. The average Bonchev–Trinajstić information content (AvgIpc) is 2.39. The molecule has 0 fully saturated rings. The fraction of sp³-hybridized carbons (Fsp3) is 0.727. The van der Waals surface area contributed by atoms with Gasteiger partial charge in [0.05, 0.1) is 0 Å². The lowest BCUT2D eigenvalue weighted by atomic mass is 10.2. The van der Waals surface area contributed by atoms with E-state index < -0.39 is 5.97 Å². The molecule has 122 valence electrons. The Kier molecular flexibility index (Phi) is 12.5. The first kappa shape index (κ1) is 21.6. The zero-order valence-electron chi connectivity index (χ0n) is 12.4. The van der Waals surface area contributed by atoms with Gasteiger partial charge >= 0.3 is 5.97 Å². The van der Waals surface area contributed by atoms with Gasteiger partial charge in [-0.2, -0.15) is 0 Å². The van der Waals surface area contributed by atoms with Crippen LogP contribution in [0.2, 0.25) is 0 Å². The SMILES string of the molecule is CN(C)C(=S)SSCC(CCC(=O)O)SSC(=S)N(C)C. The highest BCUT2D eigenvalue weighted by Gasteiger charge is 2.15. The van der Waals surface area contributed by atoms with Crippen LogP contribution in [0.3, 0.4) is 0 Å². The Morgan fingerprint density at radius 2 is 1.62 bits per heavy atom. The number of nitrogens with zero attached hydrogens (tertiary/aromatic N) is 2. The van der Waals surface area contributed by atoms with Crippen LogP contribution >= 0.6 is 67.6 Å². The lowest BCUT2D eigenvalue weighted by Crippen LogP contribution is -2.17. The number of aliphatic carboxylic acids is 1. The number of carboxylic acid groups (broad SMARTS) is 1. The maximum Gasteiger partial charge on any atom is 0.303 e. The van der Waals surface area contributed by atoms with Crippen molar-refractivity contribution in [1.82, 2.24) is 9.80 Å². The van der Waals surface area contributed by atoms with Gasteiger partial charge in [-0.3, -0.25) is 4.79 Å². The molecule has 0 aliphatic heterocycles. The molecule has 1 atom stereocenters. The van der Waals surface area contributed by atoms with Crippen molar-refractivity contribution < 1.29 is 9.90 Å². The summed E-state index contributed by atoms with van der Waals surface area (Å²) in [6.07, 6.45) is 0.807. The van der Waals surface area contributed by atoms with E-state index in [1.807, 2.05) is 38.0 Å². The first-order valence-corrected chi connectivity index (χ1v) is 11.4. The third-order valence-electron chi connectivity index (χ3n) is 2.05. The molecule has 0 aromatic rings. The van der Waals surface area contributed by atoms with E-state index in [9.17, 15) is 4.79 Å². The van der Waals surface area contributed by atoms with E-state index in [2.05, 4.69) is 0 Å². The fourth-order valence-electron chi connectivity index (χ4n) is 0.862. The van der Waals surface area contributed by atoms with Gasteiger partial charge in [-0.25, -0.2) is 0 Å². The zero-order valence-corrected chi connectivity index (χ0v) is 17.3. The molecule has 0 saturated carbocycles. The Morgan fingerprint density at radius 1 is 1.10 bits per heavy atom. The summed E-state index contributed by atoms with van der Waals surface area (Å²) in [4.78, 5) is 14.5. The molecule has 0 amide bonds. The first-order valence-electron chi connectivity index (χ1n) is 6.01. The fourth-order valence-corrected chi connectivity index (χ4v) is 6.89. The number of hydrogen-bond acceptors (Lipinski definition) is 7. The largest absolute Gasteiger partial charge is 0.481 e. The highest BCUT2D eigenvalue weighted by molar-refractivity contribution is 8.85. The molecule has 21 heavy (non-hydrogen) atoms. The van der Waals surface area contributed by atoms with Gasteiger partial charge in [0.2, 0.25) is 0 Å². The molecule has 0 rings (SSSR count). The summed E-state index contributed by atoms with van der Waals surface area (Å²) in [6, 6.07) is 0. The Balaban J connectivity index is 4.22. The van der Waals surface area contributed by atoms with Gasteiger partial charge in [0, 0.05) is 45.6 Å². The molecule has 1 unspecified atom stereocenters. The Bertz CT molecular complexity index is 365. The van der Waals surface area contributed by atoms with Crippen molar-refractivity contribution in [2.24, 2.45) is 0 Å². The van der Waals surface area contributed by atoms with Crippen LogP contribution in [0.15, 0.2) is 0 Å². The van der Waals surface area contributed by atoms with Gasteiger partial charge < -0.3 is 14.9 Å². The van der Waals surface area contributed by atoms with Gasteiger partial charge in [0.1, 0.15) is 8.64 Å². The van der Waals surface area contributed by atoms with E-state index in [-0.39, 0.29) is 11.7 Å². The number of hydrogen-bond donors (Lipinski definition) is 1. The number of carboxylic acids is 1. The molecule has 0 heterocycles. The number of carbonyl (C=O) groups is 1. The van der Waals surface area contributed by atoms with E-state index >= 15 is 0 Å². The standard InChI is InChI=1S/C11H20N2O2S6/c1-12(2)10(16)20-18-7-8(5-6-9(14)15)19-21-11(17)13(3)4/h8H,5-7H2,1-4H3,(H,14,15). The molecule has 0 aliphatic carbocycles. The predicted octanol–water partition coefficient (Wildman–Crippen LogP) is 3.68. The first-order chi connectivity index (χ1) is 9.73. The summed E-state index contributed by atoms with van der Waals surface area (Å²) in [5, 5.41) is 9.05. The summed E-state index contributed by atoms with van der Waals surface area (Å²) in [6.45, 7) is 0. The highest BCUT2D eigenvalue weighted by atomic mass is 33.1. The van der Waals surface area contributed by atoms with Crippen molar-refractivity contribution in [1.29, 1.82) is 0 Å². The van der Waals surface area contributed by atoms with Crippen LogP contribution in [0.1, 0.15) is 12.8 Å². The third-order valence-corrected chi connectivity index (χ3v) is 9.38. The summed E-state index contributed by atoms with van der Waals surface area (Å²) >= 11 is 10.4. The second-order valence-electron chi connectivity index (χ2n) is 4.42. The molecule has 0 spiro atoms. The molecule has 0 aromatic heterocycles. The maximum absolute atomic E-state index is 10.7. The molecular formula is C11H20N2O2S6. The van der Waals surface area contributed by atoms with Crippen molar-refractivity contribution in [2.45, 2.75) is 18.1 Å². The van der Waals surface area contributed by atoms with Gasteiger partial charge in [-0.1, -0.05) is 46.0 Å². The van der Waals surface area contributed by atoms with Gasteiger partial charge in [-0.15, -0.1) is 0 Å². The van der Waals surface area contributed by atoms with Crippen molar-refractivity contribution in [3.8, 4) is 0 Å². The van der Waals surface area contributed by atoms with Gasteiger partial charge in [0.25, 0.3) is 0 Å². The Hall–Kier alpha value is 0.650. The minimum Gasteiger partial charge on any atom is -0.481 e. The van der Waals surface area contributed by atoms with Crippen LogP contribution in [0.5, 0.6) is 0 Å². The van der Waals surface area contributed by atoms with Crippen molar-refractivity contribution in [3.05, 3.63) is 0 Å². The Labute approximate surface area is 153 Å². The lowest BCUT2D eigenvalue weighted by molar-refractivity contribution is -0.137. The summed E-state index contributed by atoms with van der Waals surface area (Å²) < 4.78 is 1.61. The summed E-state index contributed by atoms with van der Waals surface area (Å²) in [5.41, 5.74) is 0. The van der Waals surface area contributed by atoms with Crippen LogP contribution in [0.4, 0.5) is 0 Å². The van der Waals surface area contributed by atoms with Gasteiger partial charge in [0.15, 0.2) is 0 Å². The van der Waals surface area contributed by atoms with E-state index in [0.717, 1.165) is 14.4 Å². The third kappa shape index (κ3) is 11.8. The van der Waals surface area contributed by atoms with Crippen LogP contribution in [-0.4, -0.2) is 68.7 Å². The topological polar surface area (TPSA) is 43.8 Å². The molecule has 0 aliphatic rings. The lowest BCUT2D eigenvalue weighted by Gasteiger charge is -2.18. The van der Waals surface area contributed by atoms with Crippen LogP contribution in [0.25, 0.3) is 0 Å². The number of thiocarbonyl (C=S) groups is 2. The van der Waals surface area contributed by atoms with Crippen LogP contribution < -0.4 is 0 Å². The maximum atomic E-state index is 10.7. The smallest absolute Gasteiger partial charge is 0.303 e. The van der Waals surface area contributed by atoms with E-state index in [1.165, 1.54) is 10.8 Å². The summed E-state index contributed by atoms with van der Waals surface area (Å²) in [5.74, 6) is 0.0712. The van der Waals surface area contributed by atoms with Crippen molar-refractivity contribution in [2.75, 3.05) is 33.9 Å². The molecular weight excluding hydrogens is 385 g/mol. The monoisotopic (exact) mass is 404 g/mol. The van der Waals surface area contributed by atoms with Crippen molar-refractivity contribution in [3.63, 3.8) is 0 Å². The summed E-state index contributed by atoms with van der Waals surface area (Å²) in [7, 11) is 14.0. The van der Waals surface area contributed by atoms with E-state index in [0.29, 0.717) is 6.42 Å². The normalized spacial score (nSPS) is 11.8. The second kappa shape index (κ2) is 12.1. The van der Waals surface area contributed by atoms with Gasteiger partial charge in [-0.05, 0) is 28.0 Å². The Morgan fingerprint density at radius 3 is 2.10 bits per heavy atom. The molecule has 10 heteroatoms. The minimum atomic E-state index is -0.762. The number of rotatable bonds is 8. The van der Waals surface area contributed by atoms with Crippen LogP contribution in [0, 0.1) is 0 Å². The quantitative estimate of drug-likeness (QED) is 0.479. The highest BCUT2D eigenvalue weighted by Crippen LogP contribution is 2.36. The average molecular weight is 405 g/mol. The second-order valence-corrected chi connectivity index (χ2v) is 10.5. The molecule has 0 radical (unpaired) electrons. The molecule has 0 saturated heterocycles. The van der Waals surface area contributed by atoms with Crippen LogP contribution in [-0.2, 0) is 4.79 Å².